The second kappa shape index (κ2) is 8.06. The fourth-order valence-corrected chi connectivity index (χ4v) is 2.49. The highest BCUT2D eigenvalue weighted by Crippen LogP contribution is 2.18. The van der Waals surface area contributed by atoms with E-state index in [1.54, 1.807) is 6.33 Å². The van der Waals surface area contributed by atoms with Gasteiger partial charge >= 0.3 is 0 Å². The third-order valence-electron chi connectivity index (χ3n) is 3.75. The number of aromatic nitrogens is 2. The molecule has 122 valence electrons. The van der Waals surface area contributed by atoms with Crippen LogP contribution in [0.2, 0.25) is 0 Å². The monoisotopic (exact) mass is 320 g/mol. The van der Waals surface area contributed by atoms with Gasteiger partial charge in [0.05, 0.1) is 5.52 Å². The quantitative estimate of drug-likeness (QED) is 0.656. The van der Waals surface area contributed by atoms with Crippen molar-refractivity contribution >= 4 is 22.6 Å². The van der Waals surface area contributed by atoms with Gasteiger partial charge in [0, 0.05) is 24.9 Å². The topological polar surface area (TPSA) is 66.9 Å². The number of fused-ring (bicyclic) bond motifs is 1. The Hall–Kier alpha value is -2.95. The lowest BCUT2D eigenvalue weighted by molar-refractivity contribution is -0.121. The number of para-hydroxylation sites is 1. The summed E-state index contributed by atoms with van der Waals surface area (Å²) in [7, 11) is 0. The minimum atomic E-state index is 0.0631. The Balaban J connectivity index is 1.42. The molecule has 24 heavy (non-hydrogen) atoms. The summed E-state index contributed by atoms with van der Waals surface area (Å²) in [5.41, 5.74) is 2.02. The second-order valence-electron chi connectivity index (χ2n) is 5.53. The Morgan fingerprint density at radius 2 is 1.75 bits per heavy atom. The van der Waals surface area contributed by atoms with Crippen molar-refractivity contribution in [1.82, 2.24) is 15.3 Å². The summed E-state index contributed by atoms with van der Waals surface area (Å²) in [5.74, 6) is 0.874. The molecule has 0 fully saturated rings. The van der Waals surface area contributed by atoms with Crippen LogP contribution in [0.5, 0.6) is 0 Å². The molecule has 0 saturated heterocycles. The molecule has 0 atom stereocenters. The maximum atomic E-state index is 11.9. The van der Waals surface area contributed by atoms with Crippen molar-refractivity contribution in [2.45, 2.75) is 19.4 Å². The first kappa shape index (κ1) is 15.9. The molecule has 5 heteroatoms. The van der Waals surface area contributed by atoms with Crippen molar-refractivity contribution in [3.8, 4) is 0 Å². The minimum absolute atomic E-state index is 0.0631. The molecule has 0 radical (unpaired) electrons. The molecule has 0 unspecified atom stereocenters. The zero-order chi connectivity index (χ0) is 16.6. The van der Waals surface area contributed by atoms with E-state index in [0.29, 0.717) is 19.5 Å². The minimum Gasteiger partial charge on any atom is -0.369 e. The molecule has 3 rings (SSSR count). The van der Waals surface area contributed by atoms with Crippen LogP contribution in [-0.2, 0) is 11.3 Å². The summed E-state index contributed by atoms with van der Waals surface area (Å²) < 4.78 is 0. The SMILES string of the molecule is O=C(CCCNc1ncnc2ccccc12)NCc1ccccc1. The summed E-state index contributed by atoms with van der Waals surface area (Å²) in [6.45, 7) is 1.27. The fraction of sp³-hybridized carbons (Fsp3) is 0.211. The van der Waals surface area contributed by atoms with E-state index in [1.807, 2.05) is 54.6 Å². The third kappa shape index (κ3) is 4.29. The molecule has 5 nitrogen and oxygen atoms in total. The van der Waals surface area contributed by atoms with E-state index in [1.165, 1.54) is 0 Å². The van der Waals surface area contributed by atoms with E-state index in [0.717, 1.165) is 28.7 Å². The molecule has 0 aliphatic rings. The van der Waals surface area contributed by atoms with Gasteiger partial charge in [-0.1, -0.05) is 42.5 Å². The molecular weight excluding hydrogens is 300 g/mol. The van der Waals surface area contributed by atoms with Crippen LogP contribution >= 0.6 is 0 Å². The third-order valence-corrected chi connectivity index (χ3v) is 3.75. The Morgan fingerprint density at radius 1 is 0.958 bits per heavy atom. The number of amides is 1. The zero-order valence-corrected chi connectivity index (χ0v) is 13.4. The van der Waals surface area contributed by atoms with Crippen molar-refractivity contribution in [3.05, 3.63) is 66.5 Å². The van der Waals surface area contributed by atoms with Gasteiger partial charge in [-0.05, 0) is 24.1 Å². The molecule has 0 aliphatic heterocycles. The van der Waals surface area contributed by atoms with Crippen molar-refractivity contribution in [2.24, 2.45) is 0 Å². The van der Waals surface area contributed by atoms with Crippen LogP contribution < -0.4 is 10.6 Å². The van der Waals surface area contributed by atoms with Crippen molar-refractivity contribution in [1.29, 1.82) is 0 Å². The molecule has 0 aliphatic carbocycles. The van der Waals surface area contributed by atoms with Gasteiger partial charge in [-0.3, -0.25) is 4.79 Å². The van der Waals surface area contributed by atoms with E-state index < -0.39 is 0 Å². The first-order valence-corrected chi connectivity index (χ1v) is 8.07. The Morgan fingerprint density at radius 3 is 2.62 bits per heavy atom. The summed E-state index contributed by atoms with van der Waals surface area (Å²) in [5, 5.41) is 7.21. The second-order valence-corrected chi connectivity index (χ2v) is 5.53. The molecule has 1 amide bonds. The highest BCUT2D eigenvalue weighted by molar-refractivity contribution is 5.88. The molecule has 2 N–H and O–H groups in total. The van der Waals surface area contributed by atoms with Gasteiger partial charge < -0.3 is 10.6 Å². The highest BCUT2D eigenvalue weighted by atomic mass is 16.1. The largest absolute Gasteiger partial charge is 0.369 e. The smallest absolute Gasteiger partial charge is 0.220 e. The molecule has 1 aromatic heterocycles. The molecular formula is C19H20N4O. The molecule has 1 heterocycles. The van der Waals surface area contributed by atoms with Crippen LogP contribution in [0.4, 0.5) is 5.82 Å². The summed E-state index contributed by atoms with van der Waals surface area (Å²) in [4.78, 5) is 20.4. The number of carbonyl (C=O) groups is 1. The van der Waals surface area contributed by atoms with Gasteiger partial charge in [0.1, 0.15) is 12.1 Å². The van der Waals surface area contributed by atoms with E-state index >= 15 is 0 Å². The highest BCUT2D eigenvalue weighted by Gasteiger charge is 2.04. The van der Waals surface area contributed by atoms with Crippen LogP contribution in [0.15, 0.2) is 60.9 Å². The van der Waals surface area contributed by atoms with Gasteiger partial charge in [-0.2, -0.15) is 0 Å². The normalized spacial score (nSPS) is 10.5. The first-order chi connectivity index (χ1) is 11.8. The van der Waals surface area contributed by atoms with E-state index in [9.17, 15) is 4.79 Å². The van der Waals surface area contributed by atoms with Crippen LogP contribution in [0.3, 0.4) is 0 Å². The Bertz CT molecular complexity index is 799. The van der Waals surface area contributed by atoms with Crippen LogP contribution in [0, 0.1) is 0 Å². The van der Waals surface area contributed by atoms with Gasteiger partial charge in [-0.25, -0.2) is 9.97 Å². The van der Waals surface area contributed by atoms with Crippen LogP contribution in [-0.4, -0.2) is 22.4 Å². The number of nitrogens with zero attached hydrogens (tertiary/aromatic N) is 2. The van der Waals surface area contributed by atoms with Crippen molar-refractivity contribution in [3.63, 3.8) is 0 Å². The molecule has 0 bridgehead atoms. The Kier molecular flexibility index (Phi) is 5.35. The first-order valence-electron chi connectivity index (χ1n) is 8.07. The lowest BCUT2D eigenvalue weighted by atomic mass is 10.2. The van der Waals surface area contributed by atoms with Gasteiger partial charge in [0.25, 0.3) is 0 Å². The average Bonchev–Trinajstić information content (AvgIpc) is 2.64. The number of benzene rings is 2. The van der Waals surface area contributed by atoms with Gasteiger partial charge in [-0.15, -0.1) is 0 Å². The maximum absolute atomic E-state index is 11.9. The fourth-order valence-electron chi connectivity index (χ4n) is 2.49. The predicted molar refractivity (Wildman–Crippen MR) is 95.6 cm³/mol. The lowest BCUT2D eigenvalue weighted by Crippen LogP contribution is -2.23. The van der Waals surface area contributed by atoms with Crippen molar-refractivity contribution < 1.29 is 4.79 Å². The predicted octanol–water partition coefficient (Wildman–Crippen LogP) is 3.14. The number of rotatable bonds is 7. The number of hydrogen-bond donors (Lipinski definition) is 2. The van der Waals surface area contributed by atoms with E-state index in [4.69, 9.17) is 0 Å². The lowest BCUT2D eigenvalue weighted by Gasteiger charge is -2.08. The summed E-state index contributed by atoms with van der Waals surface area (Å²) >= 11 is 0. The standard InChI is InChI=1S/C19H20N4O/c24-18(21-13-15-7-2-1-3-8-15)11-6-12-20-19-16-9-4-5-10-17(16)22-14-23-19/h1-5,7-10,14H,6,11-13H2,(H,21,24)(H,20,22,23). The van der Waals surface area contributed by atoms with Gasteiger partial charge in [0.2, 0.25) is 5.91 Å². The van der Waals surface area contributed by atoms with E-state index in [-0.39, 0.29) is 5.91 Å². The van der Waals surface area contributed by atoms with E-state index in [2.05, 4.69) is 20.6 Å². The molecule has 0 saturated carbocycles. The Labute approximate surface area is 141 Å². The summed E-state index contributed by atoms with van der Waals surface area (Å²) in [6, 6.07) is 17.8. The van der Waals surface area contributed by atoms with Crippen molar-refractivity contribution in [2.75, 3.05) is 11.9 Å². The number of carbonyl (C=O) groups excluding carboxylic acids is 1. The molecule has 2 aromatic carbocycles. The summed E-state index contributed by atoms with van der Waals surface area (Å²) in [6.07, 6.45) is 2.79. The average molecular weight is 320 g/mol. The van der Waals surface area contributed by atoms with Crippen LogP contribution in [0.25, 0.3) is 10.9 Å². The molecule has 3 aromatic rings. The molecule has 0 spiro atoms. The number of hydrogen-bond acceptors (Lipinski definition) is 4. The zero-order valence-electron chi connectivity index (χ0n) is 13.4. The van der Waals surface area contributed by atoms with Gasteiger partial charge in [0.15, 0.2) is 0 Å². The number of anilines is 1. The van der Waals surface area contributed by atoms with Crippen LogP contribution in [0.1, 0.15) is 18.4 Å². The number of nitrogens with one attached hydrogen (secondary N) is 2. The maximum Gasteiger partial charge on any atom is 0.220 e.